The molecule has 1 fully saturated rings. The lowest BCUT2D eigenvalue weighted by atomic mass is 9.92. The third-order valence-electron chi connectivity index (χ3n) is 6.99. The number of amides is 1. The van der Waals surface area contributed by atoms with Crippen molar-refractivity contribution < 1.29 is 14.3 Å². The first-order valence-corrected chi connectivity index (χ1v) is 12.3. The monoisotopic (exact) mass is 487 g/mol. The first kappa shape index (κ1) is 25.5. The van der Waals surface area contributed by atoms with Crippen LogP contribution in [-0.2, 0) is 0 Å². The number of halogens is 1. The van der Waals surface area contributed by atoms with Crippen molar-refractivity contribution in [1.82, 2.24) is 9.80 Å². The van der Waals surface area contributed by atoms with Crippen LogP contribution in [0, 0.1) is 5.82 Å². The molecule has 3 aromatic rings. The molecule has 1 saturated heterocycles. The molecule has 1 amide bonds. The summed E-state index contributed by atoms with van der Waals surface area (Å²) in [5, 5.41) is 10.3. The first-order chi connectivity index (χ1) is 17.2. The minimum Gasteiger partial charge on any atom is -0.508 e. The highest BCUT2D eigenvalue weighted by atomic mass is 19.1. The van der Waals surface area contributed by atoms with Gasteiger partial charge in [-0.3, -0.25) is 9.69 Å². The van der Waals surface area contributed by atoms with E-state index >= 15 is 0 Å². The second-order valence-electron chi connectivity index (χ2n) is 9.75. The number of carbonyl (C=O) groups is 1. The highest BCUT2D eigenvalue weighted by Gasteiger charge is 2.35. The van der Waals surface area contributed by atoms with Gasteiger partial charge in [0.1, 0.15) is 11.6 Å². The Morgan fingerprint density at radius 2 is 1.67 bits per heavy atom. The number of piperazine rings is 1. The molecule has 5 nitrogen and oxygen atoms in total. The smallest absolute Gasteiger partial charge is 0.258 e. The lowest BCUT2D eigenvalue weighted by Gasteiger charge is -2.48. The highest BCUT2D eigenvalue weighted by Crippen LogP contribution is 2.35. The fourth-order valence-corrected chi connectivity index (χ4v) is 5.15. The van der Waals surface area contributed by atoms with Crippen molar-refractivity contribution in [1.29, 1.82) is 0 Å². The molecule has 188 valence electrons. The van der Waals surface area contributed by atoms with E-state index in [0.717, 1.165) is 29.9 Å². The molecule has 0 unspecified atom stereocenters. The average molecular weight is 488 g/mol. The van der Waals surface area contributed by atoms with E-state index in [1.54, 1.807) is 37.4 Å². The zero-order valence-corrected chi connectivity index (χ0v) is 21.4. The lowest BCUT2D eigenvalue weighted by molar-refractivity contribution is 0.0435. The van der Waals surface area contributed by atoms with Gasteiger partial charge in [-0.1, -0.05) is 36.9 Å². The van der Waals surface area contributed by atoms with Crippen molar-refractivity contribution in [2.45, 2.75) is 38.9 Å². The van der Waals surface area contributed by atoms with Crippen LogP contribution in [0.5, 0.6) is 5.75 Å². The first-order valence-electron chi connectivity index (χ1n) is 12.3. The maximum Gasteiger partial charge on any atom is 0.258 e. The summed E-state index contributed by atoms with van der Waals surface area (Å²) in [6, 6.07) is 21.3. The lowest BCUT2D eigenvalue weighted by Crippen LogP contribution is -2.56. The van der Waals surface area contributed by atoms with Crippen LogP contribution in [-0.4, -0.2) is 53.0 Å². The van der Waals surface area contributed by atoms with Crippen molar-refractivity contribution in [3.63, 3.8) is 0 Å². The topological polar surface area (TPSA) is 47.0 Å². The fraction of sp³-hybridized carbons (Fsp3) is 0.300. The number of hydrogen-bond acceptors (Lipinski definition) is 4. The van der Waals surface area contributed by atoms with Crippen molar-refractivity contribution in [2.24, 2.45) is 0 Å². The molecule has 1 aliphatic heterocycles. The summed E-state index contributed by atoms with van der Waals surface area (Å²) in [5.74, 6) is -0.399. The zero-order chi connectivity index (χ0) is 26.0. The number of carbonyl (C=O) groups excluding carboxylic acids is 1. The maximum atomic E-state index is 13.8. The summed E-state index contributed by atoms with van der Waals surface area (Å²) < 4.78 is 13.8. The van der Waals surface area contributed by atoms with Crippen molar-refractivity contribution >= 4 is 11.6 Å². The largest absolute Gasteiger partial charge is 0.508 e. The number of phenols is 1. The Bertz CT molecular complexity index is 1260. The zero-order valence-electron chi connectivity index (χ0n) is 21.4. The van der Waals surface area contributed by atoms with Gasteiger partial charge >= 0.3 is 0 Å². The number of benzene rings is 3. The van der Waals surface area contributed by atoms with Gasteiger partial charge in [-0.05, 0) is 74.4 Å². The molecule has 1 aliphatic rings. The Morgan fingerprint density at radius 3 is 2.33 bits per heavy atom. The van der Waals surface area contributed by atoms with E-state index in [-0.39, 0.29) is 35.6 Å². The molecular formula is C30H34FN3O2. The standard InChI is InChI=1S/C30H34FN3O2/c1-20(2)33-18-22(4)34(19-21(33)3)29(24-10-7-14-28(35)16-24)23-9-6-11-25(15-23)30(36)32(5)27-13-8-12-26(31)17-27/h6-17,21-22,29,35H,1,18-19H2,2-5H3/t21-,22+,29-/m0/s1. The molecule has 1 heterocycles. The highest BCUT2D eigenvalue weighted by molar-refractivity contribution is 6.05. The fourth-order valence-electron chi connectivity index (χ4n) is 5.15. The summed E-state index contributed by atoms with van der Waals surface area (Å²) >= 11 is 0. The van der Waals surface area contributed by atoms with Crippen LogP contribution in [0.3, 0.4) is 0 Å². The van der Waals surface area contributed by atoms with E-state index in [2.05, 4.69) is 30.2 Å². The number of rotatable bonds is 6. The molecule has 3 aromatic carbocycles. The van der Waals surface area contributed by atoms with Gasteiger partial charge in [0.2, 0.25) is 0 Å². The molecule has 36 heavy (non-hydrogen) atoms. The Kier molecular flexibility index (Phi) is 7.45. The molecular weight excluding hydrogens is 453 g/mol. The van der Waals surface area contributed by atoms with Crippen LogP contribution in [0.1, 0.15) is 48.3 Å². The van der Waals surface area contributed by atoms with Gasteiger partial charge in [-0.15, -0.1) is 0 Å². The summed E-state index contributed by atoms with van der Waals surface area (Å²) in [7, 11) is 1.65. The number of allylic oxidation sites excluding steroid dienone is 1. The number of nitrogens with zero attached hydrogens (tertiary/aromatic N) is 3. The summed E-state index contributed by atoms with van der Waals surface area (Å²) in [6.45, 7) is 12.2. The third kappa shape index (κ3) is 5.29. The van der Waals surface area contributed by atoms with Gasteiger partial charge in [0.05, 0.1) is 6.04 Å². The predicted molar refractivity (Wildman–Crippen MR) is 143 cm³/mol. The minimum absolute atomic E-state index is 0.158. The number of aromatic hydroxyl groups is 1. The molecule has 6 heteroatoms. The van der Waals surface area contributed by atoms with Crippen LogP contribution in [0.15, 0.2) is 85.1 Å². The summed E-state index contributed by atoms with van der Waals surface area (Å²) in [5.41, 5.74) is 3.98. The Morgan fingerprint density at radius 1 is 1.00 bits per heavy atom. The van der Waals surface area contributed by atoms with Crippen LogP contribution in [0.2, 0.25) is 0 Å². The third-order valence-corrected chi connectivity index (χ3v) is 6.99. The molecule has 0 saturated carbocycles. The second-order valence-corrected chi connectivity index (χ2v) is 9.75. The second kappa shape index (κ2) is 10.5. The van der Waals surface area contributed by atoms with Crippen molar-refractivity contribution in [2.75, 3.05) is 25.0 Å². The van der Waals surface area contributed by atoms with Crippen LogP contribution >= 0.6 is 0 Å². The normalized spacial score (nSPS) is 19.1. The molecule has 1 N–H and O–H groups in total. The van der Waals surface area contributed by atoms with Crippen LogP contribution < -0.4 is 4.90 Å². The number of anilines is 1. The van der Waals surface area contributed by atoms with E-state index in [1.807, 2.05) is 37.3 Å². The molecule has 3 atom stereocenters. The molecule has 4 rings (SSSR count). The van der Waals surface area contributed by atoms with Crippen molar-refractivity contribution in [3.8, 4) is 5.75 Å². The Hall–Kier alpha value is -3.64. The predicted octanol–water partition coefficient (Wildman–Crippen LogP) is 5.83. The van der Waals surface area contributed by atoms with Gasteiger partial charge in [-0.25, -0.2) is 4.39 Å². The Balaban J connectivity index is 1.72. The maximum absolute atomic E-state index is 13.8. The molecule has 0 aliphatic carbocycles. The SMILES string of the molecule is C=C(C)N1C[C@@H](C)N([C@H](c2cccc(O)c2)c2cccc(C(=O)N(C)c3cccc(F)c3)c2)C[C@@H]1C. The Labute approximate surface area is 213 Å². The van der Waals surface area contributed by atoms with Gasteiger partial charge in [0.15, 0.2) is 0 Å². The van der Waals surface area contributed by atoms with Gasteiger partial charge in [0, 0.05) is 49.2 Å². The molecule has 0 bridgehead atoms. The summed E-state index contributed by atoms with van der Waals surface area (Å²) in [4.78, 5) is 19.6. The van der Waals surface area contributed by atoms with E-state index in [9.17, 15) is 14.3 Å². The summed E-state index contributed by atoms with van der Waals surface area (Å²) in [6.07, 6.45) is 0. The van der Waals surface area contributed by atoms with Crippen LogP contribution in [0.4, 0.5) is 10.1 Å². The average Bonchev–Trinajstić information content (AvgIpc) is 2.85. The van der Waals surface area contributed by atoms with E-state index in [4.69, 9.17) is 0 Å². The van der Waals surface area contributed by atoms with E-state index in [1.165, 1.54) is 17.0 Å². The molecule has 0 radical (unpaired) electrons. The van der Waals surface area contributed by atoms with Crippen LogP contribution in [0.25, 0.3) is 0 Å². The van der Waals surface area contributed by atoms with Gasteiger partial charge in [0.25, 0.3) is 5.91 Å². The molecule has 0 spiro atoms. The molecule has 0 aromatic heterocycles. The van der Waals surface area contributed by atoms with E-state index < -0.39 is 0 Å². The number of hydrogen-bond donors (Lipinski definition) is 1. The van der Waals surface area contributed by atoms with Gasteiger partial charge < -0.3 is 14.9 Å². The number of phenolic OH excluding ortho intramolecular Hbond substituents is 1. The van der Waals surface area contributed by atoms with E-state index in [0.29, 0.717) is 11.3 Å². The van der Waals surface area contributed by atoms with Gasteiger partial charge in [-0.2, -0.15) is 0 Å². The quantitative estimate of drug-likeness (QED) is 0.476. The van der Waals surface area contributed by atoms with Crippen molar-refractivity contribution in [3.05, 3.63) is 108 Å². The minimum atomic E-state index is -0.387.